The summed E-state index contributed by atoms with van der Waals surface area (Å²) >= 11 is 0. The maximum absolute atomic E-state index is 12.7. The fraction of sp³-hybridized carbons (Fsp3) is 0.150. The quantitative estimate of drug-likeness (QED) is 0.781. The molecule has 0 amide bonds. The molecule has 1 aliphatic heterocycles. The Labute approximate surface area is 143 Å². The Morgan fingerprint density at radius 2 is 1.96 bits per heavy atom. The topological polar surface area (TPSA) is 72.2 Å². The van der Waals surface area contributed by atoms with Gasteiger partial charge in [0.05, 0.1) is 16.5 Å². The molecule has 0 saturated carbocycles. The summed E-state index contributed by atoms with van der Waals surface area (Å²) in [6.07, 6.45) is 2.77. The summed E-state index contributed by atoms with van der Waals surface area (Å²) in [6.45, 7) is 2.63. The first-order valence-corrected chi connectivity index (χ1v) is 8.08. The summed E-state index contributed by atoms with van der Waals surface area (Å²) in [5.41, 5.74) is 3.67. The van der Waals surface area contributed by atoms with Crippen LogP contribution in [0.3, 0.4) is 0 Å². The van der Waals surface area contributed by atoms with Gasteiger partial charge < -0.3 is 5.11 Å². The second kappa shape index (κ2) is 5.70. The Hall–Kier alpha value is -3.21. The molecule has 1 aromatic heterocycles. The predicted molar refractivity (Wildman–Crippen MR) is 96.6 cm³/mol. The summed E-state index contributed by atoms with van der Waals surface area (Å²) < 4.78 is 1.67. The summed E-state index contributed by atoms with van der Waals surface area (Å²) in [4.78, 5) is 28.5. The van der Waals surface area contributed by atoms with Gasteiger partial charge in [-0.2, -0.15) is 0 Å². The lowest BCUT2D eigenvalue weighted by Crippen LogP contribution is -2.20. The zero-order valence-corrected chi connectivity index (χ0v) is 13.7. The number of carboxylic acids is 1. The highest BCUT2D eigenvalue weighted by molar-refractivity contribution is 5.93. The molecule has 0 fully saturated rings. The maximum atomic E-state index is 12.7. The van der Waals surface area contributed by atoms with Crippen molar-refractivity contribution in [3.8, 4) is 0 Å². The second-order valence-electron chi connectivity index (χ2n) is 6.26. The third-order valence-electron chi connectivity index (χ3n) is 4.51. The molecule has 5 nitrogen and oxygen atoms in total. The number of carboxylic acid groups (broad SMARTS) is 1. The fourth-order valence-corrected chi connectivity index (χ4v) is 3.15. The highest BCUT2D eigenvalue weighted by Gasteiger charge is 2.21. The van der Waals surface area contributed by atoms with Gasteiger partial charge in [-0.05, 0) is 48.8 Å². The van der Waals surface area contributed by atoms with Crippen LogP contribution >= 0.6 is 0 Å². The van der Waals surface area contributed by atoms with E-state index in [2.05, 4.69) is 4.98 Å². The molecular weight excluding hydrogens is 316 g/mol. The minimum atomic E-state index is -1.03. The summed E-state index contributed by atoms with van der Waals surface area (Å²) in [5.74, 6) is -0.402. The number of hydrogen-bond acceptors (Lipinski definition) is 3. The minimum Gasteiger partial charge on any atom is -0.478 e. The van der Waals surface area contributed by atoms with E-state index in [0.29, 0.717) is 23.3 Å². The van der Waals surface area contributed by atoms with Crippen LogP contribution in [0.4, 0.5) is 0 Å². The first-order chi connectivity index (χ1) is 12.0. The minimum absolute atomic E-state index is 0.121. The van der Waals surface area contributed by atoms with Crippen LogP contribution in [0, 0.1) is 6.92 Å². The van der Waals surface area contributed by atoms with Gasteiger partial charge in [-0.25, -0.2) is 9.78 Å². The molecule has 0 bridgehead atoms. The van der Waals surface area contributed by atoms with E-state index < -0.39 is 5.97 Å². The van der Waals surface area contributed by atoms with E-state index in [0.717, 1.165) is 17.6 Å². The second-order valence-corrected chi connectivity index (χ2v) is 6.26. The number of benzene rings is 2. The van der Waals surface area contributed by atoms with Crippen molar-refractivity contribution in [2.45, 2.75) is 19.9 Å². The van der Waals surface area contributed by atoms with Crippen molar-refractivity contribution in [1.29, 1.82) is 0 Å². The Kier molecular flexibility index (Phi) is 3.50. The maximum Gasteiger partial charge on any atom is 0.335 e. The lowest BCUT2D eigenvalue weighted by atomic mass is 10.1. The van der Waals surface area contributed by atoms with Gasteiger partial charge in [-0.15, -0.1) is 0 Å². The molecule has 5 heteroatoms. The van der Waals surface area contributed by atoms with Crippen LogP contribution in [0.5, 0.6) is 0 Å². The van der Waals surface area contributed by atoms with Crippen molar-refractivity contribution in [2.75, 3.05) is 0 Å². The standard InChI is InChI=1S/C20H16N2O3/c1-12-2-4-13(5-3-12)10-14-8-9-22-18(14)21-17-11-15(20(24)25)6-7-16(17)19(22)23/h2-7,10-11H,8-9H2,1H3,(H,24,25). The molecule has 124 valence electrons. The Morgan fingerprint density at radius 3 is 2.68 bits per heavy atom. The van der Waals surface area contributed by atoms with Gasteiger partial charge in [0, 0.05) is 6.54 Å². The summed E-state index contributed by atoms with van der Waals surface area (Å²) in [6, 6.07) is 12.6. The van der Waals surface area contributed by atoms with E-state index >= 15 is 0 Å². The van der Waals surface area contributed by atoms with Crippen LogP contribution in [0.2, 0.25) is 0 Å². The zero-order valence-electron chi connectivity index (χ0n) is 13.7. The van der Waals surface area contributed by atoms with E-state index in [9.17, 15) is 9.59 Å². The Morgan fingerprint density at radius 1 is 1.20 bits per heavy atom. The molecule has 0 unspecified atom stereocenters. The highest BCUT2D eigenvalue weighted by Crippen LogP contribution is 2.27. The highest BCUT2D eigenvalue weighted by atomic mass is 16.4. The molecule has 0 saturated heterocycles. The van der Waals surface area contributed by atoms with Crippen molar-refractivity contribution in [2.24, 2.45) is 0 Å². The molecule has 1 aliphatic rings. The number of allylic oxidation sites excluding steroid dienone is 1. The normalized spacial score (nSPS) is 14.8. The molecule has 0 aliphatic carbocycles. The van der Waals surface area contributed by atoms with E-state index in [-0.39, 0.29) is 11.1 Å². The summed E-state index contributed by atoms with van der Waals surface area (Å²) in [7, 11) is 0. The fourth-order valence-electron chi connectivity index (χ4n) is 3.15. The number of aromatic carboxylic acids is 1. The van der Waals surface area contributed by atoms with Gasteiger partial charge >= 0.3 is 5.97 Å². The van der Waals surface area contributed by atoms with Crippen LogP contribution in [-0.2, 0) is 6.54 Å². The number of carbonyl (C=O) groups is 1. The van der Waals surface area contributed by atoms with Crippen LogP contribution in [0.25, 0.3) is 22.6 Å². The zero-order chi connectivity index (χ0) is 17.6. The molecule has 0 spiro atoms. The molecule has 0 atom stereocenters. The van der Waals surface area contributed by atoms with Gasteiger partial charge in [0.2, 0.25) is 0 Å². The largest absolute Gasteiger partial charge is 0.478 e. The third-order valence-corrected chi connectivity index (χ3v) is 4.51. The number of rotatable bonds is 2. The van der Waals surface area contributed by atoms with Gasteiger partial charge in [0.15, 0.2) is 0 Å². The molecule has 2 aromatic carbocycles. The molecule has 25 heavy (non-hydrogen) atoms. The van der Waals surface area contributed by atoms with Crippen LogP contribution in [0.15, 0.2) is 47.3 Å². The van der Waals surface area contributed by atoms with Gasteiger partial charge in [0.1, 0.15) is 5.82 Å². The van der Waals surface area contributed by atoms with Gasteiger partial charge in [-0.1, -0.05) is 29.8 Å². The van der Waals surface area contributed by atoms with Gasteiger partial charge in [-0.3, -0.25) is 9.36 Å². The smallest absolute Gasteiger partial charge is 0.335 e. The van der Waals surface area contributed by atoms with Crippen molar-refractivity contribution >= 4 is 28.5 Å². The van der Waals surface area contributed by atoms with Crippen LogP contribution < -0.4 is 5.56 Å². The number of aromatic nitrogens is 2. The van der Waals surface area contributed by atoms with Crippen LogP contribution in [-0.4, -0.2) is 20.6 Å². The Bertz CT molecular complexity index is 1090. The lowest BCUT2D eigenvalue weighted by molar-refractivity contribution is 0.0697. The summed E-state index contributed by atoms with van der Waals surface area (Å²) in [5, 5.41) is 9.60. The first kappa shape index (κ1) is 15.3. The number of nitrogens with zero attached hydrogens (tertiary/aromatic N) is 2. The van der Waals surface area contributed by atoms with Crippen molar-refractivity contribution in [3.05, 3.63) is 75.3 Å². The third kappa shape index (κ3) is 2.63. The lowest BCUT2D eigenvalue weighted by Gasteiger charge is -2.06. The predicted octanol–water partition coefficient (Wildman–Crippen LogP) is 3.35. The molecule has 0 radical (unpaired) electrons. The SMILES string of the molecule is Cc1ccc(C=C2CCn3c2nc2cc(C(=O)O)ccc2c3=O)cc1. The van der Waals surface area contributed by atoms with E-state index in [1.807, 2.05) is 37.3 Å². The van der Waals surface area contributed by atoms with Crippen molar-refractivity contribution < 1.29 is 9.90 Å². The number of hydrogen-bond donors (Lipinski definition) is 1. The molecule has 2 heterocycles. The van der Waals surface area contributed by atoms with Gasteiger partial charge in [0.25, 0.3) is 5.56 Å². The first-order valence-electron chi connectivity index (χ1n) is 8.08. The van der Waals surface area contributed by atoms with E-state index in [1.54, 1.807) is 10.6 Å². The van der Waals surface area contributed by atoms with Crippen molar-refractivity contribution in [1.82, 2.24) is 9.55 Å². The van der Waals surface area contributed by atoms with Crippen molar-refractivity contribution in [3.63, 3.8) is 0 Å². The average Bonchev–Trinajstić information content (AvgIpc) is 2.99. The number of fused-ring (bicyclic) bond motifs is 2. The number of aryl methyl sites for hydroxylation is 1. The molecule has 4 rings (SSSR count). The molecule has 1 N–H and O–H groups in total. The van der Waals surface area contributed by atoms with E-state index in [1.165, 1.54) is 17.7 Å². The monoisotopic (exact) mass is 332 g/mol. The average molecular weight is 332 g/mol. The Balaban J connectivity index is 1.88. The molecule has 3 aromatic rings. The van der Waals surface area contributed by atoms with E-state index in [4.69, 9.17) is 5.11 Å². The molecular formula is C20H16N2O3. The van der Waals surface area contributed by atoms with Crippen LogP contribution in [0.1, 0.15) is 33.7 Å².